The molecule has 1 amide bonds. The average Bonchev–Trinajstić information content (AvgIpc) is 2.99. The van der Waals surface area contributed by atoms with Gasteiger partial charge in [-0.3, -0.25) is 4.79 Å². The molecule has 1 fully saturated rings. The lowest BCUT2D eigenvalue weighted by atomic mass is 10.1. The highest BCUT2D eigenvalue weighted by Gasteiger charge is 2.16. The van der Waals surface area contributed by atoms with Crippen molar-refractivity contribution in [1.29, 1.82) is 0 Å². The summed E-state index contributed by atoms with van der Waals surface area (Å²) in [6.45, 7) is 0.637. The van der Waals surface area contributed by atoms with Crippen molar-refractivity contribution in [2.24, 2.45) is 0 Å². The fourth-order valence-corrected chi connectivity index (χ4v) is 2.75. The number of carbonyl (C=O) groups is 1. The molecule has 0 bridgehead atoms. The van der Waals surface area contributed by atoms with Crippen LogP contribution in [-0.4, -0.2) is 25.4 Å². The van der Waals surface area contributed by atoms with Gasteiger partial charge in [-0.25, -0.2) is 10.3 Å². The predicted octanol–water partition coefficient (Wildman–Crippen LogP) is 2.13. The topological polar surface area (TPSA) is 56.8 Å². The maximum absolute atomic E-state index is 11.7. The fraction of sp³-hybridized carbons (Fsp3) is 0.562. The van der Waals surface area contributed by atoms with Crippen LogP contribution in [0.5, 0.6) is 5.75 Å². The number of aryl methyl sites for hydroxylation is 2. The fourth-order valence-electron chi connectivity index (χ4n) is 2.75. The van der Waals surface area contributed by atoms with Crippen LogP contribution in [0.3, 0.4) is 0 Å². The second-order valence-corrected chi connectivity index (χ2v) is 5.51. The molecule has 1 N–H and O–H groups in total. The molecule has 0 aromatic heterocycles. The predicted molar refractivity (Wildman–Crippen MR) is 76.8 cm³/mol. The molecule has 1 aromatic rings. The van der Waals surface area contributed by atoms with Gasteiger partial charge in [-0.15, -0.1) is 0 Å². The van der Waals surface area contributed by atoms with E-state index >= 15 is 0 Å². The molecule has 1 heterocycles. The summed E-state index contributed by atoms with van der Waals surface area (Å²) < 4.78 is 10.9. The number of amides is 1. The van der Waals surface area contributed by atoms with Crippen LogP contribution in [0.2, 0.25) is 0 Å². The Hall–Kier alpha value is -1.59. The largest absolute Gasteiger partial charge is 0.484 e. The molecule has 1 saturated heterocycles. The lowest BCUT2D eigenvalue weighted by molar-refractivity contribution is -0.201. The van der Waals surface area contributed by atoms with Crippen LogP contribution in [0, 0.1) is 0 Å². The standard InChI is InChI=1S/C16H21NO4/c18-15(17-21-16-6-1-2-9-19-16)11-20-14-8-7-12-4-3-5-13(12)10-14/h7-8,10,16H,1-6,9,11H2,(H,17,18)/t16-/m1/s1. The molecule has 1 aliphatic carbocycles. The molecule has 0 spiro atoms. The summed E-state index contributed by atoms with van der Waals surface area (Å²) in [4.78, 5) is 16.9. The molecule has 2 aliphatic rings. The Kier molecular flexibility index (Phi) is 4.72. The molecule has 5 nitrogen and oxygen atoms in total. The van der Waals surface area contributed by atoms with Crippen molar-refractivity contribution in [1.82, 2.24) is 5.48 Å². The maximum Gasteiger partial charge on any atom is 0.281 e. The third kappa shape index (κ3) is 3.95. The Morgan fingerprint density at radius 1 is 1.24 bits per heavy atom. The second kappa shape index (κ2) is 6.91. The number of hydrogen-bond acceptors (Lipinski definition) is 4. The van der Waals surface area contributed by atoms with Gasteiger partial charge in [0.05, 0.1) is 0 Å². The van der Waals surface area contributed by atoms with Crippen molar-refractivity contribution in [2.75, 3.05) is 13.2 Å². The smallest absolute Gasteiger partial charge is 0.281 e. The van der Waals surface area contributed by atoms with E-state index in [1.54, 1.807) is 0 Å². The number of rotatable bonds is 5. The Labute approximate surface area is 124 Å². The van der Waals surface area contributed by atoms with Gasteiger partial charge >= 0.3 is 0 Å². The maximum atomic E-state index is 11.7. The molecule has 3 rings (SSSR count). The van der Waals surface area contributed by atoms with E-state index in [1.165, 1.54) is 17.5 Å². The van der Waals surface area contributed by atoms with E-state index in [9.17, 15) is 4.79 Å². The van der Waals surface area contributed by atoms with Gasteiger partial charge in [-0.1, -0.05) is 6.07 Å². The van der Waals surface area contributed by atoms with Crippen molar-refractivity contribution in [3.63, 3.8) is 0 Å². The van der Waals surface area contributed by atoms with E-state index in [0.29, 0.717) is 6.61 Å². The zero-order valence-electron chi connectivity index (χ0n) is 12.1. The molecule has 0 radical (unpaired) electrons. The first-order valence-electron chi connectivity index (χ1n) is 7.62. The zero-order valence-corrected chi connectivity index (χ0v) is 12.1. The minimum Gasteiger partial charge on any atom is -0.484 e. The number of benzene rings is 1. The summed E-state index contributed by atoms with van der Waals surface area (Å²) in [6.07, 6.45) is 6.04. The number of hydrogen-bond donors (Lipinski definition) is 1. The van der Waals surface area contributed by atoms with Crippen LogP contribution in [0.1, 0.15) is 36.8 Å². The molecular weight excluding hydrogens is 270 g/mol. The highest BCUT2D eigenvalue weighted by Crippen LogP contribution is 2.25. The average molecular weight is 291 g/mol. The Morgan fingerprint density at radius 3 is 3.00 bits per heavy atom. The van der Waals surface area contributed by atoms with Crippen molar-refractivity contribution >= 4 is 5.91 Å². The van der Waals surface area contributed by atoms with Gasteiger partial charge in [0.2, 0.25) is 0 Å². The third-order valence-corrected chi connectivity index (χ3v) is 3.88. The summed E-state index contributed by atoms with van der Waals surface area (Å²) in [5.41, 5.74) is 5.11. The van der Waals surface area contributed by atoms with Crippen LogP contribution in [0.4, 0.5) is 0 Å². The molecule has 1 atom stereocenters. The van der Waals surface area contributed by atoms with Gasteiger partial charge in [-0.2, -0.15) is 0 Å². The Balaban J connectivity index is 1.41. The number of ether oxygens (including phenoxy) is 2. The molecule has 0 unspecified atom stereocenters. The lowest BCUT2D eigenvalue weighted by Gasteiger charge is -2.22. The Morgan fingerprint density at radius 2 is 2.14 bits per heavy atom. The van der Waals surface area contributed by atoms with Gasteiger partial charge < -0.3 is 9.47 Å². The molecule has 1 aromatic carbocycles. The van der Waals surface area contributed by atoms with E-state index in [4.69, 9.17) is 14.3 Å². The highest BCUT2D eigenvalue weighted by atomic mass is 16.8. The van der Waals surface area contributed by atoms with Gasteiger partial charge in [0.15, 0.2) is 12.9 Å². The summed E-state index contributed by atoms with van der Waals surface area (Å²) in [5, 5.41) is 0. The minimum absolute atomic E-state index is 0.0501. The summed E-state index contributed by atoms with van der Waals surface area (Å²) in [7, 11) is 0. The number of nitrogens with one attached hydrogen (secondary N) is 1. The highest BCUT2D eigenvalue weighted by molar-refractivity contribution is 5.76. The van der Waals surface area contributed by atoms with Crippen molar-refractivity contribution in [3.05, 3.63) is 29.3 Å². The molecular formula is C16H21NO4. The first-order valence-corrected chi connectivity index (χ1v) is 7.62. The van der Waals surface area contributed by atoms with E-state index in [0.717, 1.165) is 37.9 Å². The van der Waals surface area contributed by atoms with Crippen LogP contribution >= 0.6 is 0 Å². The molecule has 21 heavy (non-hydrogen) atoms. The van der Waals surface area contributed by atoms with E-state index in [1.807, 2.05) is 12.1 Å². The monoisotopic (exact) mass is 291 g/mol. The first kappa shape index (κ1) is 14.4. The van der Waals surface area contributed by atoms with Gasteiger partial charge in [0.25, 0.3) is 5.91 Å². The van der Waals surface area contributed by atoms with Gasteiger partial charge in [-0.05, 0) is 55.4 Å². The van der Waals surface area contributed by atoms with Gasteiger partial charge in [0, 0.05) is 13.0 Å². The molecule has 1 aliphatic heterocycles. The SMILES string of the molecule is O=C(COc1ccc2c(c1)CCC2)NO[C@@H]1CCCCO1. The minimum atomic E-state index is -0.331. The van der Waals surface area contributed by atoms with Gasteiger partial charge in [0.1, 0.15) is 5.75 Å². The second-order valence-electron chi connectivity index (χ2n) is 5.51. The summed E-state index contributed by atoms with van der Waals surface area (Å²) in [6, 6.07) is 6.03. The zero-order chi connectivity index (χ0) is 14.5. The quantitative estimate of drug-likeness (QED) is 0.844. The molecule has 0 saturated carbocycles. The third-order valence-electron chi connectivity index (χ3n) is 3.88. The molecule has 5 heteroatoms. The summed E-state index contributed by atoms with van der Waals surface area (Å²) >= 11 is 0. The summed E-state index contributed by atoms with van der Waals surface area (Å²) in [5.74, 6) is 0.435. The lowest BCUT2D eigenvalue weighted by Crippen LogP contribution is -2.35. The Bertz CT molecular complexity index is 497. The van der Waals surface area contributed by atoms with Crippen LogP contribution in [0.25, 0.3) is 0 Å². The number of hydroxylamine groups is 1. The normalized spacial score (nSPS) is 20.9. The number of fused-ring (bicyclic) bond motifs is 1. The van der Waals surface area contributed by atoms with Crippen LogP contribution in [0.15, 0.2) is 18.2 Å². The molecule has 114 valence electrons. The van der Waals surface area contributed by atoms with Crippen LogP contribution in [-0.2, 0) is 27.2 Å². The van der Waals surface area contributed by atoms with Crippen molar-refractivity contribution in [3.8, 4) is 5.75 Å². The van der Waals surface area contributed by atoms with E-state index in [-0.39, 0.29) is 18.8 Å². The number of carbonyl (C=O) groups excluding carboxylic acids is 1. The first-order chi connectivity index (χ1) is 10.3. The van der Waals surface area contributed by atoms with Crippen molar-refractivity contribution in [2.45, 2.75) is 44.8 Å². The van der Waals surface area contributed by atoms with E-state index in [2.05, 4.69) is 11.5 Å². The van der Waals surface area contributed by atoms with Crippen molar-refractivity contribution < 1.29 is 19.1 Å². The van der Waals surface area contributed by atoms with E-state index < -0.39 is 0 Å². The van der Waals surface area contributed by atoms with Crippen LogP contribution < -0.4 is 10.2 Å².